The molecule has 0 heterocycles. The maximum absolute atomic E-state index is 10.7. The summed E-state index contributed by atoms with van der Waals surface area (Å²) in [7, 11) is 0. The average molecular weight is 269 g/mol. The van der Waals surface area contributed by atoms with Gasteiger partial charge in [-0.25, -0.2) is 0 Å². The lowest BCUT2D eigenvalue weighted by molar-refractivity contribution is -0.255. The van der Waals surface area contributed by atoms with Crippen LogP contribution in [0.2, 0.25) is 0 Å². The molecule has 0 unspecified atom stereocenters. The predicted molar refractivity (Wildman–Crippen MR) is 75.6 cm³/mol. The van der Waals surface area contributed by atoms with E-state index in [4.69, 9.17) is 4.74 Å². The molecule has 3 nitrogen and oxygen atoms in total. The second-order valence-corrected chi connectivity index (χ2v) is 4.97. The van der Waals surface area contributed by atoms with Crippen molar-refractivity contribution in [2.45, 2.75) is 26.4 Å². The molecule has 2 rings (SSSR count). The monoisotopic (exact) mass is 269 g/mol. The van der Waals surface area contributed by atoms with Gasteiger partial charge in [0, 0.05) is 0 Å². The molecule has 0 N–H and O–H groups in total. The Bertz CT molecular complexity index is 585. The minimum absolute atomic E-state index is 0.177. The first-order valence-electron chi connectivity index (χ1n) is 6.60. The first-order chi connectivity index (χ1) is 9.58. The standard InChI is InChI=1S/C17H18O3/c1-12(2)15-5-3-4-6-16(15)20-11-13-7-9-14(10-8-13)17(18)19/h3-10,12H,11H2,1-2H3,(H,18,19)/p-1. The van der Waals surface area contributed by atoms with Crippen molar-refractivity contribution in [1.29, 1.82) is 0 Å². The molecule has 0 aliphatic rings. The van der Waals surface area contributed by atoms with E-state index in [0.717, 1.165) is 11.3 Å². The van der Waals surface area contributed by atoms with E-state index in [1.165, 1.54) is 17.7 Å². The number of ether oxygens (including phenoxy) is 1. The van der Waals surface area contributed by atoms with E-state index < -0.39 is 5.97 Å². The van der Waals surface area contributed by atoms with Crippen molar-refractivity contribution in [2.24, 2.45) is 0 Å². The number of hydrogen-bond donors (Lipinski definition) is 0. The number of carboxylic acids is 1. The summed E-state index contributed by atoms with van der Waals surface area (Å²) in [6.45, 7) is 4.66. The molecule has 0 aliphatic carbocycles. The van der Waals surface area contributed by atoms with Crippen molar-refractivity contribution < 1.29 is 14.6 Å². The van der Waals surface area contributed by atoms with Crippen LogP contribution in [0.1, 0.15) is 41.3 Å². The molecule has 2 aromatic carbocycles. The molecule has 0 amide bonds. The van der Waals surface area contributed by atoms with Crippen LogP contribution in [-0.4, -0.2) is 5.97 Å². The SMILES string of the molecule is CC(C)c1ccccc1OCc1ccc(C(=O)[O-])cc1. The molecule has 0 bridgehead atoms. The predicted octanol–water partition coefficient (Wildman–Crippen LogP) is 2.75. The van der Waals surface area contributed by atoms with Crippen molar-refractivity contribution >= 4 is 5.97 Å². The number of carbonyl (C=O) groups excluding carboxylic acids is 1. The summed E-state index contributed by atoms with van der Waals surface area (Å²) < 4.78 is 5.82. The molecule has 0 aliphatic heterocycles. The summed E-state index contributed by atoms with van der Waals surface area (Å²) in [5.74, 6) is 0.0979. The fourth-order valence-corrected chi connectivity index (χ4v) is 1.99. The number of rotatable bonds is 5. The van der Waals surface area contributed by atoms with Gasteiger partial charge in [-0.1, -0.05) is 56.3 Å². The second kappa shape index (κ2) is 6.24. The highest BCUT2D eigenvalue weighted by molar-refractivity contribution is 5.85. The Kier molecular flexibility index (Phi) is 4.41. The number of carbonyl (C=O) groups is 1. The van der Waals surface area contributed by atoms with Crippen molar-refractivity contribution in [3.63, 3.8) is 0 Å². The number of hydrogen-bond acceptors (Lipinski definition) is 3. The van der Waals surface area contributed by atoms with Gasteiger partial charge >= 0.3 is 0 Å². The van der Waals surface area contributed by atoms with Gasteiger partial charge in [-0.3, -0.25) is 0 Å². The van der Waals surface area contributed by atoms with Crippen LogP contribution in [-0.2, 0) is 6.61 Å². The van der Waals surface area contributed by atoms with Crippen LogP contribution in [0.4, 0.5) is 0 Å². The Morgan fingerprint density at radius 1 is 1.10 bits per heavy atom. The van der Waals surface area contributed by atoms with Crippen LogP contribution in [0.3, 0.4) is 0 Å². The summed E-state index contributed by atoms with van der Waals surface area (Å²) >= 11 is 0. The quantitative estimate of drug-likeness (QED) is 0.838. The highest BCUT2D eigenvalue weighted by atomic mass is 16.5. The zero-order valence-corrected chi connectivity index (χ0v) is 11.6. The summed E-state index contributed by atoms with van der Waals surface area (Å²) in [5, 5.41) is 10.7. The van der Waals surface area contributed by atoms with Crippen LogP contribution >= 0.6 is 0 Å². The lowest BCUT2D eigenvalue weighted by Crippen LogP contribution is -2.22. The van der Waals surface area contributed by atoms with Crippen LogP contribution < -0.4 is 9.84 Å². The van der Waals surface area contributed by atoms with Crippen molar-refractivity contribution in [1.82, 2.24) is 0 Å². The maximum Gasteiger partial charge on any atom is 0.123 e. The van der Waals surface area contributed by atoms with Crippen molar-refractivity contribution in [3.8, 4) is 5.75 Å². The maximum atomic E-state index is 10.7. The first kappa shape index (κ1) is 14.1. The third kappa shape index (κ3) is 3.38. The Balaban J connectivity index is 2.07. The number of aromatic carboxylic acids is 1. The van der Waals surface area contributed by atoms with Gasteiger partial charge in [0.25, 0.3) is 0 Å². The van der Waals surface area contributed by atoms with Gasteiger partial charge in [0.05, 0.1) is 5.97 Å². The average Bonchev–Trinajstić information content (AvgIpc) is 2.45. The lowest BCUT2D eigenvalue weighted by Gasteiger charge is -2.14. The highest BCUT2D eigenvalue weighted by Crippen LogP contribution is 2.26. The van der Waals surface area contributed by atoms with E-state index in [2.05, 4.69) is 19.9 Å². The van der Waals surface area contributed by atoms with E-state index in [1.807, 2.05) is 18.2 Å². The molecule has 20 heavy (non-hydrogen) atoms. The molecule has 0 aromatic heterocycles. The number of benzene rings is 2. The fraction of sp³-hybridized carbons (Fsp3) is 0.235. The molecule has 104 valence electrons. The van der Waals surface area contributed by atoms with Gasteiger partial charge in [-0.05, 0) is 28.7 Å². The smallest absolute Gasteiger partial charge is 0.123 e. The fourth-order valence-electron chi connectivity index (χ4n) is 1.99. The van der Waals surface area contributed by atoms with Gasteiger partial charge in [0.1, 0.15) is 12.4 Å². The van der Waals surface area contributed by atoms with Crippen LogP contribution in [0.25, 0.3) is 0 Å². The summed E-state index contributed by atoms with van der Waals surface area (Å²) in [5.41, 5.74) is 2.27. The Hall–Kier alpha value is -2.29. The summed E-state index contributed by atoms with van der Waals surface area (Å²) in [6, 6.07) is 14.5. The molecule has 2 aromatic rings. The third-order valence-corrected chi connectivity index (χ3v) is 3.12. The number of para-hydroxylation sites is 1. The second-order valence-electron chi connectivity index (χ2n) is 4.97. The molecule has 0 atom stereocenters. The van der Waals surface area contributed by atoms with E-state index in [9.17, 15) is 9.90 Å². The molecule has 0 saturated heterocycles. The van der Waals surface area contributed by atoms with Gasteiger partial charge in [0.15, 0.2) is 0 Å². The molecule has 0 fully saturated rings. The zero-order valence-electron chi connectivity index (χ0n) is 11.6. The summed E-state index contributed by atoms with van der Waals surface area (Å²) in [6.07, 6.45) is 0. The van der Waals surface area contributed by atoms with Crippen molar-refractivity contribution in [2.75, 3.05) is 0 Å². The van der Waals surface area contributed by atoms with Gasteiger partial charge < -0.3 is 14.6 Å². The van der Waals surface area contributed by atoms with Gasteiger partial charge in [-0.15, -0.1) is 0 Å². The van der Waals surface area contributed by atoms with Gasteiger partial charge in [0.2, 0.25) is 0 Å². The topological polar surface area (TPSA) is 49.4 Å². The molecular formula is C17H17O3-. The lowest BCUT2D eigenvalue weighted by atomic mass is 10.0. The van der Waals surface area contributed by atoms with Crippen LogP contribution in [0.15, 0.2) is 48.5 Å². The molecular weight excluding hydrogens is 252 g/mol. The number of carboxylic acid groups (broad SMARTS) is 1. The van der Waals surface area contributed by atoms with E-state index in [0.29, 0.717) is 12.5 Å². The van der Waals surface area contributed by atoms with Gasteiger partial charge in [-0.2, -0.15) is 0 Å². The van der Waals surface area contributed by atoms with E-state index in [-0.39, 0.29) is 5.56 Å². The Labute approximate surface area is 118 Å². The molecule has 0 saturated carbocycles. The van der Waals surface area contributed by atoms with Crippen LogP contribution in [0, 0.1) is 0 Å². The molecule has 0 spiro atoms. The Morgan fingerprint density at radius 2 is 1.75 bits per heavy atom. The van der Waals surface area contributed by atoms with Crippen molar-refractivity contribution in [3.05, 3.63) is 65.2 Å². The molecule has 0 radical (unpaired) electrons. The first-order valence-corrected chi connectivity index (χ1v) is 6.60. The summed E-state index contributed by atoms with van der Waals surface area (Å²) in [4.78, 5) is 10.7. The molecule has 3 heteroatoms. The zero-order chi connectivity index (χ0) is 14.5. The van der Waals surface area contributed by atoms with E-state index >= 15 is 0 Å². The highest BCUT2D eigenvalue weighted by Gasteiger charge is 2.06. The Morgan fingerprint density at radius 3 is 2.35 bits per heavy atom. The third-order valence-electron chi connectivity index (χ3n) is 3.12. The van der Waals surface area contributed by atoms with E-state index in [1.54, 1.807) is 12.1 Å². The largest absolute Gasteiger partial charge is 0.545 e. The minimum Gasteiger partial charge on any atom is -0.545 e. The van der Waals surface area contributed by atoms with Crippen LogP contribution in [0.5, 0.6) is 5.75 Å². The normalized spacial score (nSPS) is 10.6. The minimum atomic E-state index is -1.16.